The fourth-order valence-corrected chi connectivity index (χ4v) is 3.16. The summed E-state index contributed by atoms with van der Waals surface area (Å²) in [5, 5.41) is 0. The van der Waals surface area contributed by atoms with E-state index < -0.39 is 0 Å². The lowest BCUT2D eigenvalue weighted by molar-refractivity contribution is 0.994. The maximum atomic E-state index is 2.25. The molecule has 3 aromatic carbocycles. The summed E-state index contributed by atoms with van der Waals surface area (Å²) in [6.45, 7) is 6.60. The van der Waals surface area contributed by atoms with E-state index in [0.717, 1.165) is 6.42 Å². The van der Waals surface area contributed by atoms with Gasteiger partial charge >= 0.3 is 0 Å². The van der Waals surface area contributed by atoms with E-state index in [-0.39, 0.29) is 0 Å². The van der Waals surface area contributed by atoms with Gasteiger partial charge in [0.05, 0.1) is 0 Å². The van der Waals surface area contributed by atoms with Gasteiger partial charge in [-0.25, -0.2) is 0 Å². The van der Waals surface area contributed by atoms with Gasteiger partial charge in [0.1, 0.15) is 0 Å². The van der Waals surface area contributed by atoms with Gasteiger partial charge in [0.25, 0.3) is 0 Å². The fourth-order valence-electron chi connectivity index (χ4n) is 3.16. The molecule has 0 spiro atoms. The predicted molar refractivity (Wildman–Crippen MR) is 98.7 cm³/mol. The van der Waals surface area contributed by atoms with Crippen LogP contribution in [0.4, 0.5) is 0 Å². The topological polar surface area (TPSA) is 0 Å². The lowest BCUT2D eigenvalue weighted by Gasteiger charge is -2.22. The molecule has 115 valence electrons. The van der Waals surface area contributed by atoms with Gasteiger partial charge in [0.15, 0.2) is 0 Å². The normalized spacial score (nSPS) is 11.0. The van der Waals surface area contributed by atoms with Crippen molar-refractivity contribution in [2.45, 2.75) is 27.2 Å². The van der Waals surface area contributed by atoms with Gasteiger partial charge in [-0.1, -0.05) is 72.8 Å². The van der Waals surface area contributed by atoms with Crippen LogP contribution in [0.25, 0.3) is 0 Å². The summed E-state index contributed by atoms with van der Waals surface area (Å²) in [5.74, 6) is 1.41. The zero-order valence-corrected chi connectivity index (χ0v) is 14.1. The van der Waals surface area contributed by atoms with Crippen LogP contribution in [0.1, 0.15) is 33.4 Å². The van der Waals surface area contributed by atoms with E-state index in [1.54, 1.807) is 0 Å². The Labute approximate surface area is 139 Å². The first kappa shape index (κ1) is 15.6. The Kier molecular flexibility index (Phi) is 4.62. The van der Waals surface area contributed by atoms with E-state index in [2.05, 4.69) is 93.6 Å². The lowest BCUT2D eigenvalue weighted by atomic mass is 9.81. The molecule has 23 heavy (non-hydrogen) atoms. The van der Waals surface area contributed by atoms with Gasteiger partial charge in [-0.05, 0) is 60.6 Å². The summed E-state index contributed by atoms with van der Waals surface area (Å²) >= 11 is 0. The third kappa shape index (κ3) is 3.37. The van der Waals surface area contributed by atoms with Crippen molar-refractivity contribution in [1.82, 2.24) is 0 Å². The fraction of sp³-hybridized carbons (Fsp3) is 0.174. The third-order valence-corrected chi connectivity index (χ3v) is 4.57. The Morgan fingerprint density at radius 1 is 0.565 bits per heavy atom. The molecule has 0 saturated carbocycles. The molecular weight excluding hydrogens is 276 g/mol. The van der Waals surface area contributed by atoms with Crippen molar-refractivity contribution in [3.63, 3.8) is 0 Å². The van der Waals surface area contributed by atoms with Gasteiger partial charge in [-0.3, -0.25) is 0 Å². The first-order chi connectivity index (χ1) is 11.2. The molecular formula is C23H23. The molecule has 0 atom stereocenters. The first-order valence-electron chi connectivity index (χ1n) is 8.19. The molecule has 0 heteroatoms. The van der Waals surface area contributed by atoms with Crippen molar-refractivity contribution >= 4 is 0 Å². The van der Waals surface area contributed by atoms with Crippen LogP contribution in [0, 0.1) is 26.7 Å². The van der Waals surface area contributed by atoms with Crippen LogP contribution in [0.2, 0.25) is 0 Å². The van der Waals surface area contributed by atoms with Crippen molar-refractivity contribution in [2.75, 3.05) is 0 Å². The van der Waals surface area contributed by atoms with Crippen LogP contribution in [0.3, 0.4) is 0 Å². The number of hydrogen-bond acceptors (Lipinski definition) is 0. The van der Waals surface area contributed by atoms with Crippen molar-refractivity contribution in [3.05, 3.63) is 112 Å². The second-order valence-corrected chi connectivity index (χ2v) is 6.21. The predicted octanol–water partition coefficient (Wildman–Crippen LogP) is 5.83. The molecule has 0 aliphatic carbocycles. The Hall–Kier alpha value is -2.34. The Morgan fingerprint density at radius 2 is 1.00 bits per heavy atom. The zero-order chi connectivity index (χ0) is 16.2. The van der Waals surface area contributed by atoms with Crippen LogP contribution in [0.5, 0.6) is 0 Å². The standard InChI is InChI=1S/C23H23/c1-17-10-4-7-13-20(17)16-23(21-14-8-5-11-18(21)2)22-15-9-6-12-19(22)3/h4-15H,16H2,1-3H3. The highest BCUT2D eigenvalue weighted by Gasteiger charge is 2.19. The van der Waals surface area contributed by atoms with Crippen molar-refractivity contribution in [2.24, 2.45) is 0 Å². The van der Waals surface area contributed by atoms with E-state index in [4.69, 9.17) is 0 Å². The zero-order valence-electron chi connectivity index (χ0n) is 14.1. The lowest BCUT2D eigenvalue weighted by Crippen LogP contribution is -2.10. The summed E-state index contributed by atoms with van der Waals surface area (Å²) < 4.78 is 0. The Bertz CT molecular complexity index is 753. The summed E-state index contributed by atoms with van der Waals surface area (Å²) in [4.78, 5) is 0. The molecule has 0 amide bonds. The van der Waals surface area contributed by atoms with Crippen LogP contribution in [-0.4, -0.2) is 0 Å². The van der Waals surface area contributed by atoms with Gasteiger partial charge in [-0.15, -0.1) is 0 Å². The second-order valence-electron chi connectivity index (χ2n) is 6.21. The van der Waals surface area contributed by atoms with Crippen LogP contribution >= 0.6 is 0 Å². The molecule has 0 bridgehead atoms. The molecule has 0 heterocycles. The molecule has 0 saturated heterocycles. The summed E-state index contributed by atoms with van der Waals surface area (Å²) in [7, 11) is 0. The van der Waals surface area contributed by atoms with Crippen LogP contribution in [-0.2, 0) is 6.42 Å². The van der Waals surface area contributed by atoms with E-state index in [0.29, 0.717) is 0 Å². The number of benzene rings is 3. The van der Waals surface area contributed by atoms with Crippen LogP contribution < -0.4 is 0 Å². The maximum absolute atomic E-state index is 2.25. The SMILES string of the molecule is Cc1ccccc1C[C](c1ccccc1C)c1ccccc1C. The molecule has 1 radical (unpaired) electrons. The van der Waals surface area contributed by atoms with Gasteiger partial charge < -0.3 is 0 Å². The van der Waals surface area contributed by atoms with E-state index >= 15 is 0 Å². The highest BCUT2D eigenvalue weighted by molar-refractivity contribution is 5.54. The minimum Gasteiger partial charge on any atom is -0.0620 e. The van der Waals surface area contributed by atoms with Gasteiger partial charge in [0.2, 0.25) is 0 Å². The van der Waals surface area contributed by atoms with E-state index in [9.17, 15) is 0 Å². The first-order valence-corrected chi connectivity index (χ1v) is 8.19. The maximum Gasteiger partial charge on any atom is 0.0388 e. The molecule has 3 aromatic rings. The minimum atomic E-state index is 0.961. The summed E-state index contributed by atoms with van der Waals surface area (Å²) in [6.07, 6.45) is 0.961. The molecule has 0 aromatic heterocycles. The summed E-state index contributed by atoms with van der Waals surface area (Å²) in [5.41, 5.74) is 8.12. The van der Waals surface area contributed by atoms with Gasteiger partial charge in [-0.2, -0.15) is 0 Å². The second kappa shape index (κ2) is 6.83. The largest absolute Gasteiger partial charge is 0.0620 e. The van der Waals surface area contributed by atoms with Crippen molar-refractivity contribution in [1.29, 1.82) is 0 Å². The number of rotatable bonds is 4. The molecule has 0 unspecified atom stereocenters. The molecule has 0 nitrogen and oxygen atoms in total. The quantitative estimate of drug-likeness (QED) is 0.569. The molecule has 0 fully saturated rings. The monoisotopic (exact) mass is 299 g/mol. The highest BCUT2D eigenvalue weighted by atomic mass is 14.2. The average Bonchev–Trinajstić information content (AvgIpc) is 2.56. The molecule has 3 rings (SSSR count). The Morgan fingerprint density at radius 3 is 1.48 bits per heavy atom. The van der Waals surface area contributed by atoms with Crippen molar-refractivity contribution in [3.8, 4) is 0 Å². The number of hydrogen-bond donors (Lipinski definition) is 0. The molecule has 0 aliphatic heterocycles. The number of aryl methyl sites for hydroxylation is 3. The molecule has 0 N–H and O–H groups in total. The van der Waals surface area contributed by atoms with E-state index in [1.165, 1.54) is 39.3 Å². The minimum absolute atomic E-state index is 0.961. The smallest absolute Gasteiger partial charge is 0.0388 e. The van der Waals surface area contributed by atoms with Crippen molar-refractivity contribution < 1.29 is 0 Å². The third-order valence-electron chi connectivity index (χ3n) is 4.57. The van der Waals surface area contributed by atoms with Crippen LogP contribution in [0.15, 0.2) is 72.8 Å². The average molecular weight is 299 g/mol. The van der Waals surface area contributed by atoms with Gasteiger partial charge in [0, 0.05) is 5.92 Å². The highest BCUT2D eigenvalue weighted by Crippen LogP contribution is 2.32. The Balaban J connectivity index is 2.10. The summed E-state index contributed by atoms with van der Waals surface area (Å²) in [6, 6.07) is 26.1. The molecule has 0 aliphatic rings. The van der Waals surface area contributed by atoms with E-state index in [1.807, 2.05) is 0 Å².